The van der Waals surface area contributed by atoms with Gasteiger partial charge in [-0.05, 0) is 12.1 Å². The van der Waals surface area contributed by atoms with Crippen molar-refractivity contribution in [3.8, 4) is 0 Å². The van der Waals surface area contributed by atoms with Crippen molar-refractivity contribution in [2.45, 2.75) is 9.79 Å². The Labute approximate surface area is 108 Å². The van der Waals surface area contributed by atoms with Crippen molar-refractivity contribution < 1.29 is 21.6 Å². The predicted molar refractivity (Wildman–Crippen MR) is 63.5 cm³/mol. The second-order valence-electron chi connectivity index (χ2n) is 3.63. The standard InChI is InChI=1S/C8H7ClN2O5S2/c9-4-1-7-5(2-6(4)18(10,15)16)11-8(12)3-17(7,13)14/h1-2H,3H2,(H,11,12)(H2,10,15,16). The lowest BCUT2D eigenvalue weighted by Gasteiger charge is -2.18. The molecule has 1 aliphatic rings. The number of amides is 1. The van der Waals surface area contributed by atoms with Gasteiger partial charge in [-0.2, -0.15) is 0 Å². The highest BCUT2D eigenvalue weighted by Crippen LogP contribution is 2.33. The Morgan fingerprint density at radius 1 is 1.33 bits per heavy atom. The predicted octanol–water partition coefficient (Wildman–Crippen LogP) is -0.287. The Morgan fingerprint density at radius 3 is 2.50 bits per heavy atom. The van der Waals surface area contributed by atoms with Crippen LogP contribution in [-0.2, 0) is 24.7 Å². The Hall–Kier alpha value is -1.16. The number of halogens is 1. The molecule has 3 N–H and O–H groups in total. The number of anilines is 1. The van der Waals surface area contributed by atoms with E-state index in [9.17, 15) is 21.6 Å². The average molecular weight is 311 g/mol. The number of sulfone groups is 1. The average Bonchev–Trinajstić information content (AvgIpc) is 2.15. The highest BCUT2D eigenvalue weighted by molar-refractivity contribution is 7.92. The number of benzene rings is 1. The SMILES string of the molecule is NS(=O)(=O)c1cc2c(cc1Cl)S(=O)(=O)CC(=O)N2. The third-order valence-electron chi connectivity index (χ3n) is 2.27. The van der Waals surface area contributed by atoms with Gasteiger partial charge in [0.2, 0.25) is 15.9 Å². The van der Waals surface area contributed by atoms with Crippen LogP contribution in [0.3, 0.4) is 0 Å². The molecule has 1 heterocycles. The van der Waals surface area contributed by atoms with Crippen LogP contribution >= 0.6 is 11.6 Å². The third-order valence-corrected chi connectivity index (χ3v) is 5.30. The molecule has 1 aromatic rings. The van der Waals surface area contributed by atoms with Gasteiger partial charge in [0.25, 0.3) is 0 Å². The zero-order valence-corrected chi connectivity index (χ0v) is 11.1. The molecule has 1 amide bonds. The maximum absolute atomic E-state index is 11.7. The Kier molecular flexibility index (Phi) is 2.89. The minimum Gasteiger partial charge on any atom is -0.324 e. The summed E-state index contributed by atoms with van der Waals surface area (Å²) in [4.78, 5) is 10.5. The van der Waals surface area contributed by atoms with Crippen molar-refractivity contribution in [2.75, 3.05) is 11.1 Å². The fourth-order valence-electron chi connectivity index (χ4n) is 1.54. The van der Waals surface area contributed by atoms with E-state index in [1.807, 2.05) is 0 Å². The van der Waals surface area contributed by atoms with Gasteiger partial charge in [-0.15, -0.1) is 0 Å². The van der Waals surface area contributed by atoms with Crippen LogP contribution < -0.4 is 10.5 Å². The van der Waals surface area contributed by atoms with Crippen molar-refractivity contribution in [3.05, 3.63) is 17.2 Å². The van der Waals surface area contributed by atoms with E-state index >= 15 is 0 Å². The van der Waals surface area contributed by atoms with Gasteiger partial charge in [-0.1, -0.05) is 11.6 Å². The summed E-state index contributed by atoms with van der Waals surface area (Å²) in [6.45, 7) is 0. The van der Waals surface area contributed by atoms with Gasteiger partial charge in [-0.3, -0.25) is 4.79 Å². The molecule has 98 valence electrons. The zero-order chi connectivity index (χ0) is 13.7. The molecule has 0 unspecified atom stereocenters. The van der Waals surface area contributed by atoms with E-state index in [-0.39, 0.29) is 15.6 Å². The summed E-state index contributed by atoms with van der Waals surface area (Å²) in [6.07, 6.45) is 0. The first-order valence-corrected chi connectivity index (χ1v) is 8.08. The van der Waals surface area contributed by atoms with E-state index in [0.29, 0.717) is 0 Å². The number of fused-ring (bicyclic) bond motifs is 1. The van der Waals surface area contributed by atoms with E-state index in [1.54, 1.807) is 0 Å². The Morgan fingerprint density at radius 2 is 1.94 bits per heavy atom. The molecule has 7 nitrogen and oxygen atoms in total. The maximum atomic E-state index is 11.7. The Balaban J connectivity index is 2.79. The van der Waals surface area contributed by atoms with Crippen LogP contribution in [0, 0.1) is 0 Å². The molecule has 18 heavy (non-hydrogen) atoms. The van der Waals surface area contributed by atoms with Crippen LogP contribution in [0.25, 0.3) is 0 Å². The summed E-state index contributed by atoms with van der Waals surface area (Å²) in [7, 11) is -7.91. The normalized spacial score (nSPS) is 18.0. The number of nitrogens with one attached hydrogen (secondary N) is 1. The zero-order valence-electron chi connectivity index (χ0n) is 8.67. The topological polar surface area (TPSA) is 123 Å². The summed E-state index contributed by atoms with van der Waals surface area (Å²) in [5, 5.41) is 6.87. The minimum absolute atomic E-state index is 0.139. The monoisotopic (exact) mass is 310 g/mol. The van der Waals surface area contributed by atoms with Crippen LogP contribution in [0.1, 0.15) is 0 Å². The van der Waals surface area contributed by atoms with Gasteiger partial charge in [0.05, 0.1) is 15.6 Å². The van der Waals surface area contributed by atoms with Crippen molar-refractivity contribution in [3.63, 3.8) is 0 Å². The molecule has 0 atom stereocenters. The second-order valence-corrected chi connectivity index (χ2v) is 7.53. The summed E-state index contributed by atoms with van der Waals surface area (Å²) < 4.78 is 45.8. The van der Waals surface area contributed by atoms with Gasteiger partial charge in [-0.25, -0.2) is 22.0 Å². The molecule has 0 fully saturated rings. The first kappa shape index (κ1) is 13.3. The summed E-state index contributed by atoms with van der Waals surface area (Å²) in [5.41, 5.74) is -0.139. The minimum atomic E-state index is -4.10. The van der Waals surface area contributed by atoms with Crippen molar-refractivity contribution in [2.24, 2.45) is 5.14 Å². The van der Waals surface area contributed by atoms with Crippen LogP contribution in [0.5, 0.6) is 0 Å². The van der Waals surface area contributed by atoms with Crippen LogP contribution in [0.4, 0.5) is 5.69 Å². The quantitative estimate of drug-likeness (QED) is 0.738. The van der Waals surface area contributed by atoms with Crippen molar-refractivity contribution >= 4 is 43.1 Å². The summed E-state index contributed by atoms with van der Waals surface area (Å²) >= 11 is 5.67. The number of hydrogen-bond donors (Lipinski definition) is 2. The van der Waals surface area contributed by atoms with Crippen molar-refractivity contribution in [1.82, 2.24) is 0 Å². The number of primary sulfonamides is 1. The van der Waals surface area contributed by atoms with Gasteiger partial charge in [0, 0.05) is 0 Å². The lowest BCUT2D eigenvalue weighted by molar-refractivity contribution is -0.114. The van der Waals surface area contributed by atoms with E-state index in [4.69, 9.17) is 16.7 Å². The molecule has 0 aliphatic carbocycles. The molecule has 0 saturated carbocycles. The fourth-order valence-corrected chi connectivity index (χ4v) is 4.02. The number of hydrogen-bond acceptors (Lipinski definition) is 5. The maximum Gasteiger partial charge on any atom is 0.239 e. The second kappa shape index (κ2) is 3.92. The number of nitrogens with two attached hydrogens (primary N) is 1. The Bertz CT molecular complexity index is 754. The number of sulfonamides is 1. The van der Waals surface area contributed by atoms with Gasteiger partial charge in [0.1, 0.15) is 10.6 Å². The fraction of sp³-hybridized carbons (Fsp3) is 0.125. The molecule has 2 rings (SSSR count). The van der Waals surface area contributed by atoms with Crippen LogP contribution in [0.15, 0.2) is 21.9 Å². The highest BCUT2D eigenvalue weighted by atomic mass is 35.5. The van der Waals surface area contributed by atoms with Crippen LogP contribution in [0.2, 0.25) is 5.02 Å². The molecule has 0 radical (unpaired) electrons. The molecular formula is C8H7ClN2O5S2. The summed E-state index contributed by atoms with van der Waals surface area (Å²) in [6, 6.07) is 1.90. The molecular weight excluding hydrogens is 304 g/mol. The van der Waals surface area contributed by atoms with Gasteiger partial charge in [0.15, 0.2) is 9.84 Å². The summed E-state index contributed by atoms with van der Waals surface area (Å²) in [5.74, 6) is -1.45. The van der Waals surface area contributed by atoms with E-state index in [2.05, 4.69) is 5.32 Å². The lowest BCUT2D eigenvalue weighted by Crippen LogP contribution is -2.29. The molecule has 0 saturated heterocycles. The van der Waals surface area contributed by atoms with E-state index in [1.165, 1.54) is 0 Å². The third kappa shape index (κ3) is 2.21. The molecule has 0 spiro atoms. The highest BCUT2D eigenvalue weighted by Gasteiger charge is 2.31. The number of carbonyl (C=O) groups excluding carboxylic acids is 1. The molecule has 10 heteroatoms. The molecule has 0 aromatic heterocycles. The van der Waals surface area contributed by atoms with Gasteiger partial charge < -0.3 is 5.32 Å². The van der Waals surface area contributed by atoms with Crippen LogP contribution in [-0.4, -0.2) is 28.5 Å². The number of rotatable bonds is 1. The first-order chi connectivity index (χ1) is 8.11. The smallest absolute Gasteiger partial charge is 0.239 e. The molecule has 1 aliphatic heterocycles. The molecule has 0 bridgehead atoms. The van der Waals surface area contributed by atoms with E-state index in [0.717, 1.165) is 12.1 Å². The molecule has 1 aromatic carbocycles. The van der Waals surface area contributed by atoms with E-state index < -0.39 is 36.4 Å². The lowest BCUT2D eigenvalue weighted by atomic mass is 10.3. The van der Waals surface area contributed by atoms with Crippen molar-refractivity contribution in [1.29, 1.82) is 0 Å². The number of carbonyl (C=O) groups is 1. The first-order valence-electron chi connectivity index (χ1n) is 4.50. The van der Waals surface area contributed by atoms with Gasteiger partial charge >= 0.3 is 0 Å². The largest absolute Gasteiger partial charge is 0.324 e.